The minimum atomic E-state index is -0.789. The van der Waals surface area contributed by atoms with Gasteiger partial charge in [-0.1, -0.05) is 6.58 Å². The molecule has 2 unspecified atom stereocenters. The van der Waals surface area contributed by atoms with Crippen molar-refractivity contribution in [1.29, 1.82) is 0 Å². The summed E-state index contributed by atoms with van der Waals surface area (Å²) in [6.07, 6.45) is 0.0621. The number of nitrogens with zero attached hydrogens (tertiary/aromatic N) is 2. The van der Waals surface area contributed by atoms with Gasteiger partial charge in [-0.05, 0) is 27.6 Å². The summed E-state index contributed by atoms with van der Waals surface area (Å²) in [6.45, 7) is 6.18. The molecule has 0 aromatic heterocycles. The van der Waals surface area contributed by atoms with Crippen molar-refractivity contribution >= 4 is 0 Å². The first-order valence-corrected chi connectivity index (χ1v) is 5.43. The number of hydrogen-bond acceptors (Lipinski definition) is 3. The van der Waals surface area contributed by atoms with Crippen molar-refractivity contribution in [3.8, 4) is 0 Å². The smallest absolute Gasteiger partial charge is 0.133 e. The Kier molecular flexibility index (Phi) is 4.54. The Balaban J connectivity index is 2.43. The molecule has 0 radical (unpaired) electrons. The lowest BCUT2D eigenvalue weighted by Crippen LogP contribution is -2.50. The monoisotopic (exact) mass is 215 g/mol. The van der Waals surface area contributed by atoms with Gasteiger partial charge < -0.3 is 15.1 Å². The predicted molar refractivity (Wildman–Crippen MR) is 61.6 cm³/mol. The third-order valence-corrected chi connectivity index (χ3v) is 2.86. The standard InChI is InChI=1S/C11H22FN3/c1-9(7-14(3)4)15-6-5-11(13-2)10(12)8-15/h10-11,13H,1,5-8H2,2-4H3. The van der Waals surface area contributed by atoms with Crippen molar-refractivity contribution in [1.82, 2.24) is 15.1 Å². The minimum Gasteiger partial charge on any atom is -0.371 e. The number of rotatable bonds is 4. The summed E-state index contributed by atoms with van der Waals surface area (Å²) in [4.78, 5) is 4.11. The lowest BCUT2D eigenvalue weighted by molar-refractivity contribution is 0.126. The molecule has 15 heavy (non-hydrogen) atoms. The van der Waals surface area contributed by atoms with Crippen molar-refractivity contribution in [3.63, 3.8) is 0 Å². The highest BCUT2D eigenvalue weighted by Crippen LogP contribution is 2.17. The van der Waals surface area contributed by atoms with Crippen molar-refractivity contribution in [2.45, 2.75) is 18.6 Å². The maximum Gasteiger partial charge on any atom is 0.133 e. The summed E-state index contributed by atoms with van der Waals surface area (Å²) in [7, 11) is 5.82. The molecule has 1 heterocycles. The lowest BCUT2D eigenvalue weighted by atomic mass is 10.0. The number of piperidine rings is 1. The van der Waals surface area contributed by atoms with E-state index in [1.54, 1.807) is 0 Å². The molecule has 2 atom stereocenters. The molecule has 1 saturated heterocycles. The van der Waals surface area contributed by atoms with Crippen LogP contribution in [0.2, 0.25) is 0 Å². The molecule has 88 valence electrons. The summed E-state index contributed by atoms with van der Waals surface area (Å²) in [6, 6.07) is 0.00778. The van der Waals surface area contributed by atoms with Crippen LogP contribution in [0.5, 0.6) is 0 Å². The van der Waals surface area contributed by atoms with E-state index in [-0.39, 0.29) is 6.04 Å². The van der Waals surface area contributed by atoms with E-state index in [0.717, 1.165) is 25.2 Å². The highest BCUT2D eigenvalue weighted by molar-refractivity contribution is 5.00. The van der Waals surface area contributed by atoms with Gasteiger partial charge in [0.15, 0.2) is 0 Å². The SMILES string of the molecule is C=C(CN(C)C)N1CCC(NC)C(F)C1. The van der Waals surface area contributed by atoms with Crippen LogP contribution in [-0.2, 0) is 0 Å². The first-order valence-electron chi connectivity index (χ1n) is 5.43. The Morgan fingerprint density at radius 3 is 2.73 bits per heavy atom. The van der Waals surface area contributed by atoms with Crippen molar-refractivity contribution in [2.75, 3.05) is 40.8 Å². The molecule has 4 heteroatoms. The Morgan fingerprint density at radius 2 is 2.27 bits per heavy atom. The van der Waals surface area contributed by atoms with Crippen LogP contribution in [0.15, 0.2) is 12.3 Å². The zero-order valence-corrected chi connectivity index (χ0v) is 9.96. The second-order valence-corrected chi connectivity index (χ2v) is 4.45. The summed E-state index contributed by atoms with van der Waals surface area (Å²) < 4.78 is 13.6. The maximum absolute atomic E-state index is 13.6. The molecule has 0 bridgehead atoms. The Morgan fingerprint density at radius 1 is 1.60 bits per heavy atom. The average Bonchev–Trinajstić information content (AvgIpc) is 2.16. The molecule has 0 saturated carbocycles. The summed E-state index contributed by atoms with van der Waals surface area (Å²) in [5.74, 6) is 0. The fraction of sp³-hybridized carbons (Fsp3) is 0.818. The quantitative estimate of drug-likeness (QED) is 0.744. The third kappa shape index (κ3) is 3.47. The molecule has 3 nitrogen and oxygen atoms in total. The third-order valence-electron chi connectivity index (χ3n) is 2.86. The number of likely N-dealkylation sites (tertiary alicyclic amines) is 1. The van der Waals surface area contributed by atoms with Gasteiger partial charge in [0.1, 0.15) is 6.17 Å². The molecule has 1 aliphatic rings. The van der Waals surface area contributed by atoms with Gasteiger partial charge in [-0.2, -0.15) is 0 Å². The van der Waals surface area contributed by atoms with Crippen LogP contribution in [0.4, 0.5) is 4.39 Å². The van der Waals surface area contributed by atoms with E-state index in [9.17, 15) is 4.39 Å². The zero-order chi connectivity index (χ0) is 11.4. The molecule has 1 aliphatic heterocycles. The van der Waals surface area contributed by atoms with E-state index < -0.39 is 6.17 Å². The lowest BCUT2D eigenvalue weighted by Gasteiger charge is -2.37. The van der Waals surface area contributed by atoms with Gasteiger partial charge in [-0.25, -0.2) is 4.39 Å². The zero-order valence-electron chi connectivity index (χ0n) is 9.96. The average molecular weight is 215 g/mol. The van der Waals surface area contributed by atoms with E-state index in [0.29, 0.717) is 6.54 Å². The van der Waals surface area contributed by atoms with Crippen molar-refractivity contribution < 1.29 is 4.39 Å². The number of alkyl halides is 1. The van der Waals surface area contributed by atoms with E-state index >= 15 is 0 Å². The normalized spacial score (nSPS) is 27.1. The van der Waals surface area contributed by atoms with E-state index in [1.165, 1.54) is 0 Å². The van der Waals surface area contributed by atoms with Crippen LogP contribution < -0.4 is 5.32 Å². The van der Waals surface area contributed by atoms with Crippen LogP contribution in [0.3, 0.4) is 0 Å². The van der Waals surface area contributed by atoms with Crippen LogP contribution in [0.1, 0.15) is 6.42 Å². The van der Waals surface area contributed by atoms with Gasteiger partial charge in [0.2, 0.25) is 0 Å². The molecule has 0 aromatic carbocycles. The Bertz CT molecular complexity index is 218. The molecule has 0 aromatic rings. The highest BCUT2D eigenvalue weighted by Gasteiger charge is 2.28. The molecule has 1 rings (SSSR count). The van der Waals surface area contributed by atoms with Gasteiger partial charge in [0.25, 0.3) is 0 Å². The summed E-state index contributed by atoms with van der Waals surface area (Å²) in [5.41, 5.74) is 1.01. The second-order valence-electron chi connectivity index (χ2n) is 4.45. The molecule has 0 amide bonds. The fourth-order valence-electron chi connectivity index (χ4n) is 1.98. The van der Waals surface area contributed by atoms with Gasteiger partial charge in [0, 0.05) is 24.8 Å². The fourth-order valence-corrected chi connectivity index (χ4v) is 1.98. The number of halogens is 1. The molecule has 1 fully saturated rings. The number of likely N-dealkylation sites (N-methyl/N-ethyl adjacent to an activating group) is 1. The van der Waals surface area contributed by atoms with Gasteiger partial charge in [0.05, 0.1) is 6.54 Å². The summed E-state index contributed by atoms with van der Waals surface area (Å²) in [5, 5.41) is 3.01. The molecule has 0 aliphatic carbocycles. The topological polar surface area (TPSA) is 18.5 Å². The molecule has 1 N–H and O–H groups in total. The largest absolute Gasteiger partial charge is 0.371 e. The van der Waals surface area contributed by atoms with Crippen molar-refractivity contribution in [3.05, 3.63) is 12.3 Å². The van der Waals surface area contributed by atoms with Gasteiger partial charge >= 0.3 is 0 Å². The molecular formula is C11H22FN3. The Hall–Kier alpha value is -0.610. The first kappa shape index (κ1) is 12.5. The number of hydrogen-bond donors (Lipinski definition) is 1. The van der Waals surface area contributed by atoms with Gasteiger partial charge in [-0.15, -0.1) is 0 Å². The van der Waals surface area contributed by atoms with Crippen LogP contribution in [-0.4, -0.2) is 62.8 Å². The van der Waals surface area contributed by atoms with Crippen LogP contribution in [0, 0.1) is 0 Å². The second kappa shape index (κ2) is 5.47. The Labute approximate surface area is 91.9 Å². The van der Waals surface area contributed by atoms with E-state index in [4.69, 9.17) is 0 Å². The van der Waals surface area contributed by atoms with E-state index in [1.807, 2.05) is 21.1 Å². The highest BCUT2D eigenvalue weighted by atomic mass is 19.1. The maximum atomic E-state index is 13.6. The first-order chi connectivity index (χ1) is 7.04. The van der Waals surface area contributed by atoms with Gasteiger partial charge in [-0.3, -0.25) is 0 Å². The molecular weight excluding hydrogens is 193 g/mol. The number of nitrogens with one attached hydrogen (secondary N) is 1. The molecule has 0 spiro atoms. The van der Waals surface area contributed by atoms with Crippen molar-refractivity contribution in [2.24, 2.45) is 0 Å². The van der Waals surface area contributed by atoms with Crippen LogP contribution >= 0.6 is 0 Å². The minimum absolute atomic E-state index is 0.00778. The predicted octanol–water partition coefficient (Wildman–Crippen LogP) is 0.694. The van der Waals surface area contributed by atoms with E-state index in [2.05, 4.69) is 21.7 Å². The summed E-state index contributed by atoms with van der Waals surface area (Å²) >= 11 is 0. The van der Waals surface area contributed by atoms with Crippen LogP contribution in [0.25, 0.3) is 0 Å².